The molecule has 1 fully saturated rings. The van der Waals surface area contributed by atoms with Crippen LogP contribution in [0.25, 0.3) is 0 Å². The summed E-state index contributed by atoms with van der Waals surface area (Å²) in [5, 5.41) is 46.2. The number of aromatic nitrogens is 1. The van der Waals surface area contributed by atoms with Crippen LogP contribution in [0.15, 0.2) is 32.5 Å². The van der Waals surface area contributed by atoms with E-state index in [1.54, 1.807) is 23.6 Å². The summed E-state index contributed by atoms with van der Waals surface area (Å²) in [7, 11) is 0. The number of thiazole rings is 1. The van der Waals surface area contributed by atoms with Gasteiger partial charge in [0.25, 0.3) is 0 Å². The lowest BCUT2D eigenvalue weighted by atomic mass is 9.94. The zero-order valence-corrected chi connectivity index (χ0v) is 18.1. The molecule has 2 heterocycles. The summed E-state index contributed by atoms with van der Waals surface area (Å²) in [5.74, 6) is 0. The van der Waals surface area contributed by atoms with Gasteiger partial charge in [-0.2, -0.15) is 0 Å². The number of carbonyl (C=O) groups excluding carboxylic acids is 1. The van der Waals surface area contributed by atoms with Crippen LogP contribution in [0.2, 0.25) is 0 Å². The van der Waals surface area contributed by atoms with E-state index >= 15 is 0 Å². The van der Waals surface area contributed by atoms with Crippen LogP contribution in [0.1, 0.15) is 11.8 Å². The number of urea groups is 1. The fourth-order valence-corrected chi connectivity index (χ4v) is 4.54. The van der Waals surface area contributed by atoms with E-state index in [0.29, 0.717) is 10.2 Å². The van der Waals surface area contributed by atoms with Crippen LogP contribution in [0, 0.1) is 0 Å². The number of ether oxygens (including phenoxy) is 1. The Hall–Kier alpha value is -1.12. The van der Waals surface area contributed by atoms with E-state index in [-0.39, 0.29) is 10.8 Å². The van der Waals surface area contributed by atoms with Crippen LogP contribution in [-0.4, -0.2) is 62.5 Å². The van der Waals surface area contributed by atoms with E-state index in [2.05, 4.69) is 47.5 Å². The summed E-state index contributed by atoms with van der Waals surface area (Å²) < 4.78 is 7.00. The van der Waals surface area contributed by atoms with Gasteiger partial charge in [-0.05, 0) is 34.1 Å². The third-order valence-corrected chi connectivity index (χ3v) is 6.03. The monoisotopic (exact) mass is 537 g/mol. The smallest absolute Gasteiger partial charge is 0.325 e. The number of hydrogen-bond acceptors (Lipinski definition) is 8. The lowest BCUT2D eigenvalue weighted by molar-refractivity contribution is -0.232. The van der Waals surface area contributed by atoms with E-state index in [9.17, 15) is 25.2 Å². The maximum Gasteiger partial charge on any atom is 0.325 e. The van der Waals surface area contributed by atoms with E-state index in [0.717, 1.165) is 15.8 Å². The summed E-state index contributed by atoms with van der Waals surface area (Å²) in [4.78, 5) is 16.4. The fourth-order valence-electron chi connectivity index (χ4n) is 2.66. The van der Waals surface area contributed by atoms with Gasteiger partial charge >= 0.3 is 6.03 Å². The van der Waals surface area contributed by atoms with Gasteiger partial charge in [-0.15, -0.1) is 11.3 Å². The number of amides is 2. The lowest BCUT2D eigenvalue weighted by Gasteiger charge is -2.39. The lowest BCUT2D eigenvalue weighted by Crippen LogP contribution is -2.55. The molecule has 0 radical (unpaired) electrons. The predicted molar refractivity (Wildman–Crippen MR) is 109 cm³/mol. The first-order chi connectivity index (χ1) is 13.3. The quantitative estimate of drug-likeness (QED) is 0.348. The average molecular weight is 539 g/mol. The van der Waals surface area contributed by atoms with Crippen molar-refractivity contribution >= 4 is 60.0 Å². The van der Waals surface area contributed by atoms with Gasteiger partial charge in [-0.1, -0.05) is 15.9 Å². The molecule has 0 spiro atoms. The number of nitrogens with zero attached hydrogens (tertiary/aromatic N) is 1. The van der Waals surface area contributed by atoms with Crippen molar-refractivity contribution in [2.75, 3.05) is 17.2 Å². The minimum Gasteiger partial charge on any atom is -0.394 e. The number of carbonyl (C=O) groups is 1. The van der Waals surface area contributed by atoms with Gasteiger partial charge in [0.05, 0.1) is 18.0 Å². The topological polar surface area (TPSA) is 144 Å². The highest BCUT2D eigenvalue weighted by Crippen LogP contribution is 2.34. The molecule has 0 aliphatic carbocycles. The van der Waals surface area contributed by atoms with Gasteiger partial charge in [0.15, 0.2) is 5.13 Å². The van der Waals surface area contributed by atoms with Gasteiger partial charge in [0.2, 0.25) is 0 Å². The van der Waals surface area contributed by atoms with Crippen molar-refractivity contribution in [2.45, 2.75) is 30.5 Å². The Morgan fingerprint density at radius 1 is 1.18 bits per heavy atom. The third kappa shape index (κ3) is 4.71. The number of anilines is 2. The molecule has 0 saturated carbocycles. The Bertz CT molecular complexity index is 852. The highest BCUT2D eigenvalue weighted by molar-refractivity contribution is 9.11. The zero-order chi connectivity index (χ0) is 20.4. The van der Waals surface area contributed by atoms with Gasteiger partial charge in [0, 0.05) is 14.3 Å². The normalized spacial score (nSPS) is 27.4. The minimum absolute atomic E-state index is 0.248. The van der Waals surface area contributed by atoms with E-state index in [1.165, 1.54) is 0 Å². The number of benzene rings is 1. The van der Waals surface area contributed by atoms with Crippen LogP contribution in [0.3, 0.4) is 0 Å². The van der Waals surface area contributed by atoms with Crippen molar-refractivity contribution in [2.24, 2.45) is 0 Å². The number of nitrogens with one attached hydrogen (secondary N) is 2. The van der Waals surface area contributed by atoms with Crippen LogP contribution in [0.4, 0.5) is 15.6 Å². The van der Waals surface area contributed by atoms with E-state index in [4.69, 9.17) is 4.74 Å². The molecule has 1 aliphatic heterocycles. The SMILES string of the molecule is O=C(Nc1nc([C@@H]2O[C@H](CO)[C@@H](O)[C@H](O)[C@H]2O)cs1)Nc1ccc(Br)cc1Br. The molecule has 1 aliphatic rings. The summed E-state index contributed by atoms with van der Waals surface area (Å²) in [6.45, 7) is -0.527. The molecule has 1 saturated heterocycles. The van der Waals surface area contributed by atoms with Gasteiger partial charge in [-0.3, -0.25) is 5.32 Å². The first-order valence-electron chi connectivity index (χ1n) is 8.09. The van der Waals surface area contributed by atoms with Crippen LogP contribution in [0.5, 0.6) is 0 Å². The molecule has 28 heavy (non-hydrogen) atoms. The molecule has 0 bridgehead atoms. The molecule has 0 unspecified atom stereocenters. The molecule has 1 aromatic heterocycles. The largest absolute Gasteiger partial charge is 0.394 e. The molecule has 12 heteroatoms. The predicted octanol–water partition coefficient (Wildman–Crippen LogP) is 1.83. The van der Waals surface area contributed by atoms with Crippen molar-refractivity contribution in [3.05, 3.63) is 38.2 Å². The molecule has 152 valence electrons. The maximum atomic E-state index is 12.2. The highest BCUT2D eigenvalue weighted by Gasteiger charge is 2.44. The molecular weight excluding hydrogens is 522 g/mol. The van der Waals surface area contributed by atoms with Crippen LogP contribution in [-0.2, 0) is 4.74 Å². The third-order valence-electron chi connectivity index (χ3n) is 4.11. The van der Waals surface area contributed by atoms with Crippen molar-refractivity contribution in [3.8, 4) is 0 Å². The maximum absolute atomic E-state index is 12.2. The standard InChI is InChI=1S/C16H17Br2N3O6S/c17-6-1-2-8(7(18)3-6)19-15(26)21-16-20-9(5-28-16)14-13(25)12(24)11(23)10(4-22)27-14/h1-3,5,10-14,22-25H,4H2,(H2,19,20,21,26)/t10-,11-,12+,13-,14+/m1/s1. The molecule has 2 aromatic rings. The second-order valence-electron chi connectivity index (χ2n) is 6.03. The molecule has 1 aromatic carbocycles. The summed E-state index contributed by atoms with van der Waals surface area (Å²) in [6.07, 6.45) is -6.44. The number of rotatable bonds is 4. The van der Waals surface area contributed by atoms with E-state index < -0.39 is 43.2 Å². The molecule has 6 N–H and O–H groups in total. The van der Waals surface area contributed by atoms with Crippen LogP contribution < -0.4 is 10.6 Å². The number of halogens is 2. The summed E-state index contributed by atoms with van der Waals surface area (Å²) in [6, 6.07) is 4.77. The summed E-state index contributed by atoms with van der Waals surface area (Å²) in [5.41, 5.74) is 0.827. The molecule has 9 nitrogen and oxygen atoms in total. The molecule has 2 amide bonds. The Labute approximate surface area is 180 Å². The number of aliphatic hydroxyl groups excluding tert-OH is 4. The molecular formula is C16H17Br2N3O6S. The van der Waals surface area contributed by atoms with Crippen molar-refractivity contribution < 1.29 is 30.0 Å². The Kier molecular flexibility index (Phi) is 7.04. The Morgan fingerprint density at radius 2 is 1.93 bits per heavy atom. The zero-order valence-electron chi connectivity index (χ0n) is 14.1. The number of aliphatic hydroxyl groups is 4. The first-order valence-corrected chi connectivity index (χ1v) is 10.6. The highest BCUT2D eigenvalue weighted by atomic mass is 79.9. The van der Waals surface area contributed by atoms with E-state index in [1.807, 2.05) is 0 Å². The average Bonchev–Trinajstić information content (AvgIpc) is 3.10. The first kappa shape index (κ1) is 21.6. The van der Waals surface area contributed by atoms with Gasteiger partial charge in [-0.25, -0.2) is 9.78 Å². The Morgan fingerprint density at radius 3 is 2.61 bits per heavy atom. The van der Waals surface area contributed by atoms with Crippen LogP contribution >= 0.6 is 43.2 Å². The van der Waals surface area contributed by atoms with Gasteiger partial charge in [0.1, 0.15) is 30.5 Å². The van der Waals surface area contributed by atoms with Gasteiger partial charge < -0.3 is 30.5 Å². The second kappa shape index (κ2) is 9.13. The fraction of sp³-hybridized carbons (Fsp3) is 0.375. The number of hydrogen-bond donors (Lipinski definition) is 6. The second-order valence-corrected chi connectivity index (χ2v) is 8.66. The van der Waals surface area contributed by atoms with Crippen molar-refractivity contribution in [1.82, 2.24) is 4.98 Å². The minimum atomic E-state index is -1.49. The van der Waals surface area contributed by atoms with Crippen molar-refractivity contribution in [3.63, 3.8) is 0 Å². The Balaban J connectivity index is 1.67. The molecule has 5 atom stereocenters. The van der Waals surface area contributed by atoms with Crippen molar-refractivity contribution in [1.29, 1.82) is 0 Å². The summed E-state index contributed by atoms with van der Waals surface area (Å²) >= 11 is 7.78. The molecule has 3 rings (SSSR count).